The molecule has 0 spiro atoms. The van der Waals surface area contributed by atoms with Crippen LogP contribution in [0.4, 0.5) is 0 Å². The van der Waals surface area contributed by atoms with Gasteiger partial charge in [0.25, 0.3) is 5.91 Å². The molecule has 1 amide bonds. The molecule has 3 aromatic rings. The first-order valence-corrected chi connectivity index (χ1v) is 8.48. The summed E-state index contributed by atoms with van der Waals surface area (Å²) in [4.78, 5) is 14.8. The molecule has 1 aromatic heterocycles. The molecule has 0 fully saturated rings. The van der Waals surface area contributed by atoms with Crippen molar-refractivity contribution in [1.29, 1.82) is 5.26 Å². The zero-order valence-electron chi connectivity index (χ0n) is 14.8. The van der Waals surface area contributed by atoms with E-state index in [2.05, 4.69) is 11.2 Å². The van der Waals surface area contributed by atoms with Gasteiger partial charge in [-0.2, -0.15) is 10.4 Å². The summed E-state index contributed by atoms with van der Waals surface area (Å²) >= 11 is 0. The highest BCUT2D eigenvalue weighted by Crippen LogP contribution is 2.16. The van der Waals surface area contributed by atoms with Crippen molar-refractivity contribution in [2.45, 2.75) is 26.4 Å². The van der Waals surface area contributed by atoms with Crippen LogP contribution in [0.3, 0.4) is 0 Å². The Morgan fingerprint density at radius 2 is 1.85 bits per heavy atom. The Labute approximate surface area is 153 Å². The van der Waals surface area contributed by atoms with Crippen LogP contribution in [0.25, 0.3) is 5.69 Å². The molecule has 0 N–H and O–H groups in total. The van der Waals surface area contributed by atoms with Gasteiger partial charge < -0.3 is 4.90 Å². The minimum atomic E-state index is -0.0172. The van der Waals surface area contributed by atoms with Crippen LogP contribution in [0.5, 0.6) is 0 Å². The van der Waals surface area contributed by atoms with Gasteiger partial charge in [-0.25, -0.2) is 4.68 Å². The molecule has 0 saturated carbocycles. The second kappa shape index (κ2) is 7.66. The van der Waals surface area contributed by atoms with E-state index in [4.69, 9.17) is 5.26 Å². The minimum absolute atomic E-state index is 0.0172. The number of carbonyl (C=O) groups is 1. The van der Waals surface area contributed by atoms with Gasteiger partial charge in [-0.3, -0.25) is 4.79 Å². The largest absolute Gasteiger partial charge is 0.332 e. The monoisotopic (exact) mass is 344 g/mol. The summed E-state index contributed by atoms with van der Waals surface area (Å²) < 4.78 is 1.76. The van der Waals surface area contributed by atoms with E-state index in [1.54, 1.807) is 23.0 Å². The van der Waals surface area contributed by atoms with E-state index in [0.29, 0.717) is 17.7 Å². The first-order valence-electron chi connectivity index (χ1n) is 8.48. The molecule has 0 unspecified atom stereocenters. The lowest BCUT2D eigenvalue weighted by Crippen LogP contribution is -2.36. The summed E-state index contributed by atoms with van der Waals surface area (Å²) in [5, 5.41) is 13.1. The van der Waals surface area contributed by atoms with Crippen molar-refractivity contribution in [1.82, 2.24) is 14.7 Å². The van der Waals surface area contributed by atoms with E-state index in [-0.39, 0.29) is 11.9 Å². The fourth-order valence-corrected chi connectivity index (χ4v) is 2.71. The van der Waals surface area contributed by atoms with Crippen LogP contribution >= 0.6 is 0 Å². The minimum Gasteiger partial charge on any atom is -0.332 e. The number of aromatic nitrogens is 2. The highest BCUT2D eigenvalue weighted by Gasteiger charge is 2.19. The van der Waals surface area contributed by atoms with Crippen molar-refractivity contribution in [3.8, 4) is 11.8 Å². The van der Waals surface area contributed by atoms with Gasteiger partial charge in [0.15, 0.2) is 0 Å². The average molecular weight is 344 g/mol. The molecule has 3 rings (SSSR count). The number of nitrogens with zero attached hydrogens (tertiary/aromatic N) is 4. The van der Waals surface area contributed by atoms with Crippen LogP contribution in [-0.2, 0) is 6.54 Å². The molecule has 0 saturated heterocycles. The van der Waals surface area contributed by atoms with E-state index < -0.39 is 0 Å². The van der Waals surface area contributed by atoms with E-state index in [9.17, 15) is 4.79 Å². The summed E-state index contributed by atoms with van der Waals surface area (Å²) in [5.74, 6) is -0.0172. The average Bonchev–Trinajstić information content (AvgIpc) is 3.21. The molecular formula is C21H20N4O. The molecule has 0 bridgehead atoms. The molecule has 0 aliphatic rings. The Hall–Kier alpha value is -3.39. The lowest BCUT2D eigenvalue weighted by atomic mass is 10.1. The molecule has 5 nitrogen and oxygen atoms in total. The lowest BCUT2D eigenvalue weighted by molar-refractivity contribution is 0.0690. The van der Waals surface area contributed by atoms with Crippen molar-refractivity contribution in [3.63, 3.8) is 0 Å². The second-order valence-corrected chi connectivity index (χ2v) is 6.33. The van der Waals surface area contributed by atoms with Gasteiger partial charge in [0.1, 0.15) is 0 Å². The highest BCUT2D eigenvalue weighted by atomic mass is 16.2. The van der Waals surface area contributed by atoms with Crippen LogP contribution in [-0.4, -0.2) is 26.6 Å². The number of hydrogen-bond donors (Lipinski definition) is 0. The maximum atomic E-state index is 13.0. The molecule has 0 atom stereocenters. The number of rotatable bonds is 5. The van der Waals surface area contributed by atoms with E-state index in [1.165, 1.54) is 0 Å². The summed E-state index contributed by atoms with van der Waals surface area (Å²) in [7, 11) is 0. The van der Waals surface area contributed by atoms with Crippen molar-refractivity contribution >= 4 is 5.91 Å². The molecular weight excluding hydrogens is 324 g/mol. The molecule has 26 heavy (non-hydrogen) atoms. The summed E-state index contributed by atoms with van der Waals surface area (Å²) in [6.07, 6.45) is 3.58. The van der Waals surface area contributed by atoms with Crippen molar-refractivity contribution in [2.24, 2.45) is 0 Å². The highest BCUT2D eigenvalue weighted by molar-refractivity contribution is 5.94. The summed E-state index contributed by atoms with van der Waals surface area (Å²) in [6.45, 7) is 4.50. The fraction of sp³-hybridized carbons (Fsp3) is 0.190. The molecule has 130 valence electrons. The molecule has 5 heteroatoms. The maximum absolute atomic E-state index is 13.0. The predicted octanol–water partition coefficient (Wildman–Crippen LogP) is 3.79. The number of benzene rings is 2. The van der Waals surface area contributed by atoms with E-state index in [0.717, 1.165) is 11.3 Å². The van der Waals surface area contributed by atoms with Crippen molar-refractivity contribution in [2.75, 3.05) is 0 Å². The number of nitriles is 1. The number of hydrogen-bond acceptors (Lipinski definition) is 3. The van der Waals surface area contributed by atoms with Gasteiger partial charge in [0, 0.05) is 30.5 Å². The quantitative estimate of drug-likeness (QED) is 0.707. The Kier molecular flexibility index (Phi) is 5.14. The van der Waals surface area contributed by atoms with Gasteiger partial charge in [0.05, 0.1) is 17.3 Å². The van der Waals surface area contributed by atoms with E-state index >= 15 is 0 Å². The lowest BCUT2D eigenvalue weighted by Gasteiger charge is -2.27. The summed E-state index contributed by atoms with van der Waals surface area (Å²) in [6, 6.07) is 18.8. The SMILES string of the molecule is CC(C)N(Cc1ccc(C#N)cc1)C(=O)c1ccc(-n2cccn2)cc1. The molecule has 2 aromatic carbocycles. The van der Waals surface area contributed by atoms with Crippen molar-refractivity contribution < 1.29 is 4.79 Å². The molecule has 0 radical (unpaired) electrons. The fourth-order valence-electron chi connectivity index (χ4n) is 2.71. The van der Waals surface area contributed by atoms with Crippen LogP contribution < -0.4 is 0 Å². The normalized spacial score (nSPS) is 10.5. The Balaban J connectivity index is 1.78. The molecule has 0 aliphatic carbocycles. The number of amides is 1. The van der Waals surface area contributed by atoms with Crippen LogP contribution in [0.2, 0.25) is 0 Å². The Bertz CT molecular complexity index is 904. The van der Waals surface area contributed by atoms with Gasteiger partial charge >= 0.3 is 0 Å². The van der Waals surface area contributed by atoms with E-state index in [1.807, 2.05) is 67.4 Å². The van der Waals surface area contributed by atoms with Crippen LogP contribution in [0.15, 0.2) is 67.0 Å². The van der Waals surface area contributed by atoms with Gasteiger partial charge in [-0.1, -0.05) is 12.1 Å². The third-order valence-corrected chi connectivity index (χ3v) is 4.20. The smallest absolute Gasteiger partial charge is 0.254 e. The predicted molar refractivity (Wildman–Crippen MR) is 99.7 cm³/mol. The first kappa shape index (κ1) is 17.4. The van der Waals surface area contributed by atoms with Gasteiger partial charge in [-0.15, -0.1) is 0 Å². The Morgan fingerprint density at radius 1 is 1.15 bits per heavy atom. The maximum Gasteiger partial charge on any atom is 0.254 e. The number of carbonyl (C=O) groups excluding carboxylic acids is 1. The Morgan fingerprint density at radius 3 is 2.38 bits per heavy atom. The second-order valence-electron chi connectivity index (χ2n) is 6.33. The third kappa shape index (κ3) is 3.81. The summed E-state index contributed by atoms with van der Waals surface area (Å²) in [5.41, 5.74) is 3.17. The zero-order chi connectivity index (χ0) is 18.5. The van der Waals surface area contributed by atoms with Crippen LogP contribution in [0.1, 0.15) is 35.3 Å². The first-order chi connectivity index (χ1) is 12.6. The topological polar surface area (TPSA) is 61.9 Å². The van der Waals surface area contributed by atoms with Crippen LogP contribution in [0, 0.1) is 11.3 Å². The third-order valence-electron chi connectivity index (χ3n) is 4.20. The van der Waals surface area contributed by atoms with Gasteiger partial charge in [-0.05, 0) is 61.9 Å². The molecule has 1 heterocycles. The zero-order valence-corrected chi connectivity index (χ0v) is 14.8. The molecule has 0 aliphatic heterocycles. The standard InChI is InChI=1S/C21H20N4O/c1-16(2)24(15-18-6-4-17(14-22)5-7-18)21(26)19-8-10-20(11-9-19)25-13-3-12-23-25/h3-13,16H,15H2,1-2H3. The van der Waals surface area contributed by atoms with Gasteiger partial charge in [0.2, 0.25) is 0 Å². The van der Waals surface area contributed by atoms with Crippen molar-refractivity contribution in [3.05, 3.63) is 83.7 Å².